The van der Waals surface area contributed by atoms with E-state index in [4.69, 9.17) is 22.1 Å². The minimum Gasteiger partial charge on any atom is -0.398 e. The molecule has 0 radical (unpaired) electrons. The fourth-order valence-corrected chi connectivity index (χ4v) is 3.09. The highest BCUT2D eigenvalue weighted by molar-refractivity contribution is 7.89. The number of nitrogens with two attached hydrogens (primary N) is 1. The summed E-state index contributed by atoms with van der Waals surface area (Å²) in [6.45, 7) is 2.82. The van der Waals surface area contributed by atoms with Crippen molar-refractivity contribution in [1.82, 2.24) is 4.72 Å². The monoisotopic (exact) mass is 320 g/mol. The molecule has 0 aromatic heterocycles. The second-order valence-corrected chi connectivity index (χ2v) is 6.74. The maximum atomic E-state index is 12.1. The summed E-state index contributed by atoms with van der Waals surface area (Å²) < 4.78 is 31.6. The van der Waals surface area contributed by atoms with Crippen molar-refractivity contribution in [2.24, 2.45) is 0 Å². The maximum absolute atomic E-state index is 12.1. The molecule has 5 nitrogen and oxygen atoms in total. The Morgan fingerprint density at radius 3 is 2.60 bits per heavy atom. The predicted octanol–water partition coefficient (Wildman–Crippen LogP) is 2.33. The number of unbranched alkanes of at least 4 members (excludes halogenated alkanes) is 2. The Hall–Kier alpha value is -0.820. The van der Waals surface area contributed by atoms with Crippen LogP contribution >= 0.6 is 11.6 Å². The van der Waals surface area contributed by atoms with Crippen LogP contribution in [0.3, 0.4) is 0 Å². The van der Waals surface area contributed by atoms with Gasteiger partial charge in [-0.1, -0.05) is 11.6 Å². The van der Waals surface area contributed by atoms with Gasteiger partial charge < -0.3 is 10.5 Å². The summed E-state index contributed by atoms with van der Waals surface area (Å²) in [5.74, 6) is 0. The van der Waals surface area contributed by atoms with Crippen LogP contribution in [0.25, 0.3) is 0 Å². The van der Waals surface area contributed by atoms with E-state index in [0.717, 1.165) is 19.3 Å². The van der Waals surface area contributed by atoms with Crippen LogP contribution < -0.4 is 10.5 Å². The number of hydrogen-bond donors (Lipinski definition) is 2. The number of rotatable bonds is 8. The molecule has 7 heteroatoms. The number of nitrogens with one attached hydrogen (secondary N) is 1. The van der Waals surface area contributed by atoms with Gasteiger partial charge in [0.15, 0.2) is 0 Å². The molecular formula is C13H21ClN2O3S. The summed E-state index contributed by atoms with van der Waals surface area (Å²) in [6.07, 6.45) is 2.59. The minimum atomic E-state index is -3.56. The van der Waals surface area contributed by atoms with Gasteiger partial charge in [-0.2, -0.15) is 0 Å². The highest BCUT2D eigenvalue weighted by Crippen LogP contribution is 2.25. The average molecular weight is 321 g/mol. The van der Waals surface area contributed by atoms with E-state index >= 15 is 0 Å². The Morgan fingerprint density at radius 1 is 1.30 bits per heavy atom. The van der Waals surface area contributed by atoms with E-state index in [2.05, 4.69) is 4.72 Å². The van der Waals surface area contributed by atoms with E-state index in [1.54, 1.807) is 14.0 Å². The first-order valence-electron chi connectivity index (χ1n) is 6.42. The van der Waals surface area contributed by atoms with Crippen LogP contribution in [-0.2, 0) is 14.8 Å². The average Bonchev–Trinajstić information content (AvgIpc) is 2.39. The van der Waals surface area contributed by atoms with Crippen LogP contribution in [0.4, 0.5) is 5.69 Å². The number of nitrogen functional groups attached to an aromatic ring is 1. The Kier molecular flexibility index (Phi) is 6.75. The molecule has 0 fully saturated rings. The second-order valence-electron chi connectivity index (χ2n) is 4.57. The summed E-state index contributed by atoms with van der Waals surface area (Å²) in [5.41, 5.74) is 6.80. The quantitative estimate of drug-likeness (QED) is 0.569. The number of anilines is 1. The van der Waals surface area contributed by atoms with Gasteiger partial charge in [0, 0.05) is 31.0 Å². The lowest BCUT2D eigenvalue weighted by molar-refractivity contribution is 0.192. The lowest BCUT2D eigenvalue weighted by atomic mass is 10.2. The van der Waals surface area contributed by atoms with Gasteiger partial charge in [0.25, 0.3) is 0 Å². The van der Waals surface area contributed by atoms with Crippen molar-refractivity contribution in [3.8, 4) is 0 Å². The molecule has 0 saturated heterocycles. The Labute approximate surface area is 125 Å². The third kappa shape index (κ3) is 4.94. The van der Waals surface area contributed by atoms with Gasteiger partial charge in [0.05, 0.1) is 4.90 Å². The molecule has 0 aliphatic carbocycles. The first kappa shape index (κ1) is 17.2. The fourth-order valence-electron chi connectivity index (χ4n) is 1.67. The molecule has 0 saturated carbocycles. The van der Waals surface area contributed by atoms with Crippen LogP contribution in [0.15, 0.2) is 17.0 Å². The highest BCUT2D eigenvalue weighted by atomic mass is 35.5. The van der Waals surface area contributed by atoms with Crippen molar-refractivity contribution < 1.29 is 13.2 Å². The van der Waals surface area contributed by atoms with Crippen LogP contribution in [0.1, 0.15) is 24.8 Å². The Morgan fingerprint density at radius 2 is 2.00 bits per heavy atom. The lowest BCUT2D eigenvalue weighted by Crippen LogP contribution is -2.25. The summed E-state index contributed by atoms with van der Waals surface area (Å²) >= 11 is 5.96. The zero-order chi connectivity index (χ0) is 15.2. The number of halogens is 1. The number of methoxy groups -OCH3 is 1. The summed E-state index contributed by atoms with van der Waals surface area (Å²) in [6, 6.07) is 2.84. The van der Waals surface area contributed by atoms with Gasteiger partial charge in [0.2, 0.25) is 10.0 Å². The number of benzene rings is 1. The van der Waals surface area contributed by atoms with Gasteiger partial charge >= 0.3 is 0 Å². The van der Waals surface area contributed by atoms with Crippen LogP contribution in [0, 0.1) is 6.92 Å². The fraction of sp³-hybridized carbons (Fsp3) is 0.538. The number of hydrogen-bond acceptors (Lipinski definition) is 4. The third-order valence-electron chi connectivity index (χ3n) is 2.99. The van der Waals surface area contributed by atoms with Crippen molar-refractivity contribution in [2.75, 3.05) is 26.0 Å². The van der Waals surface area contributed by atoms with E-state index in [-0.39, 0.29) is 4.90 Å². The molecular weight excluding hydrogens is 300 g/mol. The van der Waals surface area contributed by atoms with Gasteiger partial charge in [-0.05, 0) is 43.9 Å². The third-order valence-corrected chi connectivity index (χ3v) is 4.82. The molecule has 0 heterocycles. The van der Waals surface area contributed by atoms with E-state index in [1.165, 1.54) is 12.1 Å². The first-order chi connectivity index (χ1) is 9.38. The van der Waals surface area contributed by atoms with Crippen molar-refractivity contribution in [1.29, 1.82) is 0 Å². The largest absolute Gasteiger partial charge is 0.398 e. The van der Waals surface area contributed by atoms with Gasteiger partial charge in [-0.25, -0.2) is 13.1 Å². The Bertz CT molecular complexity index is 524. The highest BCUT2D eigenvalue weighted by Gasteiger charge is 2.16. The summed E-state index contributed by atoms with van der Waals surface area (Å²) in [4.78, 5) is 0.0995. The molecule has 0 aliphatic heterocycles. The summed E-state index contributed by atoms with van der Waals surface area (Å²) in [7, 11) is -1.91. The molecule has 1 rings (SSSR count). The number of ether oxygens (including phenoxy) is 1. The molecule has 0 aliphatic rings. The molecule has 0 unspecified atom stereocenters. The van der Waals surface area contributed by atoms with Crippen molar-refractivity contribution in [2.45, 2.75) is 31.1 Å². The topological polar surface area (TPSA) is 81.4 Å². The van der Waals surface area contributed by atoms with Crippen LogP contribution in [0.2, 0.25) is 5.02 Å². The standard InChI is InChI=1S/C13H21ClN2O3S/c1-10-12(14)8-11(9-13(10)15)20(17,18)16-6-4-3-5-7-19-2/h8-9,16H,3-7,15H2,1-2H3. The lowest BCUT2D eigenvalue weighted by Gasteiger charge is -2.10. The molecule has 0 atom stereocenters. The molecule has 0 spiro atoms. The SMILES string of the molecule is COCCCCCNS(=O)(=O)c1cc(N)c(C)c(Cl)c1. The zero-order valence-electron chi connectivity index (χ0n) is 11.8. The molecule has 0 amide bonds. The molecule has 114 valence electrons. The molecule has 3 N–H and O–H groups in total. The molecule has 0 bridgehead atoms. The van der Waals surface area contributed by atoms with Crippen LogP contribution in [0.5, 0.6) is 0 Å². The number of sulfonamides is 1. The van der Waals surface area contributed by atoms with Crippen molar-refractivity contribution in [3.63, 3.8) is 0 Å². The van der Waals surface area contributed by atoms with Crippen molar-refractivity contribution in [3.05, 3.63) is 22.7 Å². The maximum Gasteiger partial charge on any atom is 0.240 e. The first-order valence-corrected chi connectivity index (χ1v) is 8.29. The van der Waals surface area contributed by atoms with Gasteiger partial charge in [-0.3, -0.25) is 0 Å². The predicted molar refractivity (Wildman–Crippen MR) is 81.5 cm³/mol. The van der Waals surface area contributed by atoms with Gasteiger partial charge in [-0.15, -0.1) is 0 Å². The van der Waals surface area contributed by atoms with E-state index in [9.17, 15) is 8.42 Å². The summed E-state index contributed by atoms with van der Waals surface area (Å²) in [5, 5.41) is 0.352. The van der Waals surface area contributed by atoms with E-state index in [0.29, 0.717) is 29.4 Å². The van der Waals surface area contributed by atoms with Gasteiger partial charge in [0.1, 0.15) is 0 Å². The van der Waals surface area contributed by atoms with Crippen LogP contribution in [-0.4, -0.2) is 28.7 Å². The minimum absolute atomic E-state index is 0.0995. The molecule has 20 heavy (non-hydrogen) atoms. The van der Waals surface area contributed by atoms with Crippen molar-refractivity contribution >= 4 is 27.3 Å². The smallest absolute Gasteiger partial charge is 0.240 e. The normalized spacial score (nSPS) is 11.8. The molecule has 1 aromatic rings. The molecule has 1 aromatic carbocycles. The second kappa shape index (κ2) is 7.83. The zero-order valence-corrected chi connectivity index (χ0v) is 13.4. The Balaban J connectivity index is 2.61. The van der Waals surface area contributed by atoms with E-state index in [1.807, 2.05) is 0 Å². The van der Waals surface area contributed by atoms with E-state index < -0.39 is 10.0 Å².